The number of benzene rings is 1. The number of hydrogen-bond acceptors (Lipinski definition) is 4. The maximum Gasteiger partial charge on any atom is 0.251 e. The van der Waals surface area contributed by atoms with Crippen LogP contribution < -0.4 is 5.32 Å². The Morgan fingerprint density at radius 3 is 2.38 bits per heavy atom. The van der Waals surface area contributed by atoms with Crippen molar-refractivity contribution in [3.05, 3.63) is 35.4 Å². The predicted molar refractivity (Wildman–Crippen MR) is 92.6 cm³/mol. The number of nitrogens with zero attached hydrogens (tertiary/aromatic N) is 1. The largest absolute Gasteiger partial charge is 0.396 e. The lowest BCUT2D eigenvalue weighted by atomic mass is 9.97. The highest BCUT2D eigenvalue weighted by atomic mass is 16.3. The Hall–Kier alpha value is -1.43. The van der Waals surface area contributed by atoms with Crippen LogP contribution in [0, 0.1) is 11.3 Å². The van der Waals surface area contributed by atoms with Gasteiger partial charge in [0.25, 0.3) is 5.91 Å². The summed E-state index contributed by atoms with van der Waals surface area (Å²) in [6, 6.07) is 7.80. The summed E-state index contributed by atoms with van der Waals surface area (Å²) in [7, 11) is 0. The van der Waals surface area contributed by atoms with Crippen molar-refractivity contribution in [1.82, 2.24) is 10.2 Å². The van der Waals surface area contributed by atoms with Crippen LogP contribution in [-0.2, 0) is 6.54 Å². The van der Waals surface area contributed by atoms with Crippen LogP contribution in [0.3, 0.4) is 0 Å². The third-order valence-corrected chi connectivity index (χ3v) is 5.50. The third-order valence-electron chi connectivity index (χ3n) is 5.50. The van der Waals surface area contributed by atoms with E-state index in [1.807, 2.05) is 24.3 Å². The van der Waals surface area contributed by atoms with Gasteiger partial charge in [-0.3, -0.25) is 9.69 Å². The normalized spacial score (nSPS) is 20.8. The van der Waals surface area contributed by atoms with Gasteiger partial charge in [-0.05, 0) is 62.4 Å². The lowest BCUT2D eigenvalue weighted by Crippen LogP contribution is -2.34. The van der Waals surface area contributed by atoms with E-state index in [0.29, 0.717) is 24.6 Å². The molecule has 24 heavy (non-hydrogen) atoms. The van der Waals surface area contributed by atoms with Crippen molar-refractivity contribution >= 4 is 5.91 Å². The predicted octanol–water partition coefficient (Wildman–Crippen LogP) is 1.39. The number of hydrogen-bond donors (Lipinski definition) is 3. The van der Waals surface area contributed by atoms with Crippen molar-refractivity contribution in [3.63, 3.8) is 0 Å². The van der Waals surface area contributed by atoms with Crippen molar-refractivity contribution in [2.75, 3.05) is 32.8 Å². The second kappa shape index (κ2) is 7.64. The molecule has 5 heteroatoms. The van der Waals surface area contributed by atoms with Crippen LogP contribution in [0.4, 0.5) is 0 Å². The van der Waals surface area contributed by atoms with Gasteiger partial charge in [0, 0.05) is 30.7 Å². The Morgan fingerprint density at radius 2 is 1.83 bits per heavy atom. The van der Waals surface area contributed by atoms with E-state index in [1.165, 1.54) is 5.56 Å². The van der Waals surface area contributed by atoms with Crippen LogP contribution >= 0.6 is 0 Å². The first-order valence-electron chi connectivity index (χ1n) is 8.95. The summed E-state index contributed by atoms with van der Waals surface area (Å²) < 4.78 is 0. The molecule has 1 aromatic carbocycles. The zero-order valence-electron chi connectivity index (χ0n) is 14.2. The van der Waals surface area contributed by atoms with E-state index in [9.17, 15) is 15.0 Å². The van der Waals surface area contributed by atoms with Crippen molar-refractivity contribution in [3.8, 4) is 0 Å². The van der Waals surface area contributed by atoms with Gasteiger partial charge in [-0.15, -0.1) is 0 Å². The van der Waals surface area contributed by atoms with E-state index in [-0.39, 0.29) is 17.9 Å². The molecular formula is C19H28N2O3. The second-order valence-electron chi connectivity index (χ2n) is 7.44. The Bertz CT molecular complexity index is 546. The molecule has 1 saturated heterocycles. The second-order valence-corrected chi connectivity index (χ2v) is 7.44. The van der Waals surface area contributed by atoms with Gasteiger partial charge in [0.2, 0.25) is 0 Å². The Kier molecular flexibility index (Phi) is 5.54. The van der Waals surface area contributed by atoms with Crippen LogP contribution in [0.25, 0.3) is 0 Å². The number of aliphatic hydroxyl groups excluding tert-OH is 2. The monoisotopic (exact) mass is 332 g/mol. The fourth-order valence-electron chi connectivity index (χ4n) is 3.28. The van der Waals surface area contributed by atoms with Gasteiger partial charge in [-0.1, -0.05) is 12.1 Å². The molecule has 0 radical (unpaired) electrons. The third kappa shape index (κ3) is 4.35. The molecule has 0 unspecified atom stereocenters. The topological polar surface area (TPSA) is 72.8 Å². The van der Waals surface area contributed by atoms with Crippen LogP contribution in [-0.4, -0.2) is 53.9 Å². The Labute approximate surface area is 143 Å². The number of piperidine rings is 1. The zero-order valence-corrected chi connectivity index (χ0v) is 14.2. The molecule has 0 atom stereocenters. The minimum atomic E-state index is -0.0648. The molecule has 3 N–H and O–H groups in total. The molecule has 3 rings (SSSR count). The quantitative estimate of drug-likeness (QED) is 0.706. The molecule has 1 amide bonds. The summed E-state index contributed by atoms with van der Waals surface area (Å²) in [4.78, 5) is 14.6. The SMILES string of the molecule is O=C(NCC1(CO)CC1)c1ccc(CN2CCC(CO)CC2)cc1. The zero-order chi connectivity index (χ0) is 17.0. The van der Waals surface area contributed by atoms with Gasteiger partial charge < -0.3 is 15.5 Å². The van der Waals surface area contributed by atoms with Crippen molar-refractivity contribution in [2.24, 2.45) is 11.3 Å². The molecule has 0 spiro atoms. The van der Waals surface area contributed by atoms with Crippen LogP contribution in [0.2, 0.25) is 0 Å². The number of nitrogens with one attached hydrogen (secondary N) is 1. The van der Waals surface area contributed by atoms with Gasteiger partial charge in [-0.2, -0.15) is 0 Å². The summed E-state index contributed by atoms with van der Waals surface area (Å²) in [5.74, 6) is 0.394. The summed E-state index contributed by atoms with van der Waals surface area (Å²) >= 11 is 0. The van der Waals surface area contributed by atoms with Crippen LogP contribution in [0.5, 0.6) is 0 Å². The lowest BCUT2D eigenvalue weighted by molar-refractivity contribution is 0.0935. The summed E-state index contributed by atoms with van der Waals surface area (Å²) in [6.45, 7) is 3.96. The van der Waals surface area contributed by atoms with E-state index in [1.54, 1.807) is 0 Å². The van der Waals surface area contributed by atoms with E-state index < -0.39 is 0 Å². The molecule has 1 aromatic rings. The highest BCUT2D eigenvalue weighted by Crippen LogP contribution is 2.44. The van der Waals surface area contributed by atoms with E-state index in [2.05, 4.69) is 10.2 Å². The average Bonchev–Trinajstić information content (AvgIpc) is 3.41. The summed E-state index contributed by atoms with van der Waals surface area (Å²) in [5, 5.41) is 21.4. The molecule has 2 aliphatic rings. The van der Waals surface area contributed by atoms with E-state index in [4.69, 9.17) is 0 Å². The first-order valence-corrected chi connectivity index (χ1v) is 8.95. The highest BCUT2D eigenvalue weighted by molar-refractivity contribution is 5.94. The molecule has 2 fully saturated rings. The maximum absolute atomic E-state index is 12.2. The van der Waals surface area contributed by atoms with E-state index in [0.717, 1.165) is 45.3 Å². The Balaban J connectivity index is 1.47. The number of amides is 1. The fourth-order valence-corrected chi connectivity index (χ4v) is 3.28. The van der Waals surface area contributed by atoms with Crippen molar-refractivity contribution < 1.29 is 15.0 Å². The minimum absolute atomic E-state index is 0.0592. The lowest BCUT2D eigenvalue weighted by Gasteiger charge is -2.31. The Morgan fingerprint density at radius 1 is 1.17 bits per heavy atom. The molecule has 132 valence electrons. The fraction of sp³-hybridized carbons (Fsp3) is 0.632. The molecule has 1 aliphatic carbocycles. The van der Waals surface area contributed by atoms with E-state index >= 15 is 0 Å². The van der Waals surface area contributed by atoms with Gasteiger partial charge in [0.05, 0.1) is 6.61 Å². The highest BCUT2D eigenvalue weighted by Gasteiger charge is 2.42. The maximum atomic E-state index is 12.2. The molecule has 0 aromatic heterocycles. The molecule has 1 heterocycles. The summed E-state index contributed by atoms with van der Waals surface area (Å²) in [6.07, 6.45) is 4.11. The smallest absolute Gasteiger partial charge is 0.251 e. The summed E-state index contributed by atoms with van der Waals surface area (Å²) in [5.41, 5.74) is 1.82. The molecule has 5 nitrogen and oxygen atoms in total. The van der Waals surface area contributed by atoms with Gasteiger partial charge in [-0.25, -0.2) is 0 Å². The van der Waals surface area contributed by atoms with Crippen LogP contribution in [0.1, 0.15) is 41.6 Å². The number of carbonyl (C=O) groups is 1. The van der Waals surface area contributed by atoms with Gasteiger partial charge >= 0.3 is 0 Å². The number of rotatable bonds is 7. The average molecular weight is 332 g/mol. The minimum Gasteiger partial charge on any atom is -0.396 e. The molecule has 0 bridgehead atoms. The van der Waals surface area contributed by atoms with Gasteiger partial charge in [0.1, 0.15) is 0 Å². The first-order chi connectivity index (χ1) is 11.6. The van der Waals surface area contributed by atoms with Crippen molar-refractivity contribution in [1.29, 1.82) is 0 Å². The standard InChI is InChI=1S/C19H28N2O3/c22-12-16-5-9-21(10-6-16)11-15-1-3-17(4-2-15)18(24)20-13-19(14-23)7-8-19/h1-4,16,22-23H,5-14H2,(H,20,24). The van der Waals surface area contributed by atoms with Crippen molar-refractivity contribution in [2.45, 2.75) is 32.2 Å². The van der Waals surface area contributed by atoms with Gasteiger partial charge in [0.15, 0.2) is 0 Å². The molecule has 1 aliphatic heterocycles. The number of aliphatic hydroxyl groups is 2. The first kappa shape index (κ1) is 17.4. The number of likely N-dealkylation sites (tertiary alicyclic amines) is 1. The number of carbonyl (C=O) groups excluding carboxylic acids is 1. The molecule has 1 saturated carbocycles. The molecular weight excluding hydrogens is 304 g/mol. The van der Waals surface area contributed by atoms with Crippen LogP contribution in [0.15, 0.2) is 24.3 Å².